The lowest BCUT2D eigenvalue weighted by Crippen LogP contribution is -2.49. The summed E-state index contributed by atoms with van der Waals surface area (Å²) in [5, 5.41) is 15.5. The third-order valence-corrected chi connectivity index (χ3v) is 6.62. The predicted octanol–water partition coefficient (Wildman–Crippen LogP) is 4.13. The van der Waals surface area contributed by atoms with Gasteiger partial charge in [0.1, 0.15) is 5.82 Å². The van der Waals surface area contributed by atoms with E-state index < -0.39 is 6.09 Å². The van der Waals surface area contributed by atoms with E-state index in [0.29, 0.717) is 50.8 Å². The summed E-state index contributed by atoms with van der Waals surface area (Å²) in [6, 6.07) is 6.90. The minimum absolute atomic E-state index is 0.0927. The van der Waals surface area contributed by atoms with Crippen LogP contribution in [0.5, 0.6) is 0 Å². The number of hydrogen-bond acceptors (Lipinski definition) is 6. The lowest BCUT2D eigenvalue weighted by Gasteiger charge is -2.45. The van der Waals surface area contributed by atoms with Crippen LogP contribution in [-0.2, 0) is 11.2 Å². The molecule has 1 aromatic carbocycles. The average molecular weight is 497 g/mol. The lowest BCUT2D eigenvalue weighted by molar-refractivity contribution is 0.0739. The number of hydrogen-bond donors (Lipinski definition) is 3. The molecule has 0 bridgehead atoms. The third-order valence-electron chi connectivity index (χ3n) is 6.62. The quantitative estimate of drug-likeness (QED) is 0.582. The molecule has 10 nitrogen and oxygen atoms in total. The summed E-state index contributed by atoms with van der Waals surface area (Å²) in [6.45, 7) is 12.9. The fourth-order valence-corrected chi connectivity index (χ4v) is 5.02. The highest BCUT2D eigenvalue weighted by Crippen LogP contribution is 2.46. The fraction of sp³-hybridized carbons (Fsp3) is 0.538. The Morgan fingerprint density at radius 3 is 2.50 bits per heavy atom. The van der Waals surface area contributed by atoms with Gasteiger partial charge in [-0.05, 0) is 43.5 Å². The Labute approximate surface area is 212 Å². The number of ether oxygens (including phenoxy) is 1. The minimum Gasteiger partial charge on any atom is -0.465 e. The monoisotopic (exact) mass is 496 g/mol. The van der Waals surface area contributed by atoms with Gasteiger partial charge in [-0.3, -0.25) is 0 Å². The van der Waals surface area contributed by atoms with Crippen molar-refractivity contribution in [2.45, 2.75) is 53.1 Å². The van der Waals surface area contributed by atoms with E-state index in [1.165, 1.54) is 4.90 Å². The van der Waals surface area contributed by atoms with Gasteiger partial charge in [0.05, 0.1) is 31.0 Å². The molecule has 4 rings (SSSR count). The zero-order chi connectivity index (χ0) is 26.0. The molecule has 36 heavy (non-hydrogen) atoms. The Kier molecular flexibility index (Phi) is 7.35. The Bertz CT molecular complexity index is 1110. The number of carboxylic acid groups (broad SMARTS) is 1. The molecule has 2 aromatic rings. The van der Waals surface area contributed by atoms with Crippen LogP contribution in [0.15, 0.2) is 24.3 Å². The number of nitrogens with zero attached hydrogens (tertiary/aromatic N) is 4. The molecule has 0 spiro atoms. The van der Waals surface area contributed by atoms with Gasteiger partial charge in [-0.2, -0.15) is 0 Å². The normalized spacial score (nSPS) is 20.0. The Morgan fingerprint density at radius 1 is 1.17 bits per heavy atom. The molecular weight excluding hydrogens is 460 g/mol. The van der Waals surface area contributed by atoms with Crippen molar-refractivity contribution < 1.29 is 19.4 Å². The number of amides is 3. The SMILES string of the molecule is CCNC(=O)Nc1ccc(-c2nc3c(c(N4CCOCC4C)n2)[C@H](C(C)(C)C)N(C(=O)O)CC3)cc1. The Morgan fingerprint density at radius 2 is 1.89 bits per heavy atom. The first kappa shape index (κ1) is 25.7. The van der Waals surface area contributed by atoms with E-state index in [2.05, 4.69) is 43.2 Å². The van der Waals surface area contributed by atoms with Gasteiger partial charge in [0.2, 0.25) is 0 Å². The highest BCUT2D eigenvalue weighted by atomic mass is 16.5. The van der Waals surface area contributed by atoms with Crippen LogP contribution in [0.3, 0.4) is 0 Å². The van der Waals surface area contributed by atoms with E-state index in [0.717, 1.165) is 22.6 Å². The maximum absolute atomic E-state index is 12.2. The van der Waals surface area contributed by atoms with E-state index in [1.54, 1.807) is 0 Å². The summed E-state index contributed by atoms with van der Waals surface area (Å²) in [4.78, 5) is 37.8. The molecule has 3 heterocycles. The summed E-state index contributed by atoms with van der Waals surface area (Å²) in [5.41, 5.74) is 2.93. The number of urea groups is 1. The van der Waals surface area contributed by atoms with E-state index in [1.807, 2.05) is 31.2 Å². The van der Waals surface area contributed by atoms with Crippen molar-refractivity contribution in [2.75, 3.05) is 43.1 Å². The topological polar surface area (TPSA) is 120 Å². The molecule has 194 valence electrons. The van der Waals surface area contributed by atoms with Crippen molar-refractivity contribution in [3.63, 3.8) is 0 Å². The lowest BCUT2D eigenvalue weighted by atomic mass is 9.78. The minimum atomic E-state index is -0.930. The first-order valence-corrected chi connectivity index (χ1v) is 12.5. The number of rotatable bonds is 4. The predicted molar refractivity (Wildman–Crippen MR) is 138 cm³/mol. The van der Waals surface area contributed by atoms with Crippen molar-refractivity contribution in [3.8, 4) is 11.4 Å². The van der Waals surface area contributed by atoms with E-state index >= 15 is 0 Å². The van der Waals surface area contributed by atoms with Crippen molar-refractivity contribution in [2.24, 2.45) is 5.41 Å². The molecule has 2 atom stereocenters. The highest BCUT2D eigenvalue weighted by molar-refractivity contribution is 5.89. The Balaban J connectivity index is 1.81. The van der Waals surface area contributed by atoms with Crippen LogP contribution in [0.25, 0.3) is 11.4 Å². The smallest absolute Gasteiger partial charge is 0.407 e. The number of fused-ring (bicyclic) bond motifs is 1. The molecule has 2 aliphatic rings. The van der Waals surface area contributed by atoms with E-state index in [4.69, 9.17) is 14.7 Å². The van der Waals surface area contributed by atoms with Crippen LogP contribution in [-0.4, -0.2) is 71.0 Å². The number of benzene rings is 1. The van der Waals surface area contributed by atoms with Gasteiger partial charge in [0, 0.05) is 42.9 Å². The van der Waals surface area contributed by atoms with Crippen LogP contribution < -0.4 is 15.5 Å². The molecule has 1 unspecified atom stereocenters. The maximum Gasteiger partial charge on any atom is 0.407 e. The summed E-state index contributed by atoms with van der Waals surface area (Å²) in [7, 11) is 0. The number of carbonyl (C=O) groups is 2. The van der Waals surface area contributed by atoms with Crippen LogP contribution in [0.1, 0.15) is 51.9 Å². The molecule has 2 aliphatic heterocycles. The third kappa shape index (κ3) is 5.23. The zero-order valence-corrected chi connectivity index (χ0v) is 21.7. The molecule has 1 aromatic heterocycles. The van der Waals surface area contributed by atoms with E-state index in [-0.39, 0.29) is 23.5 Å². The van der Waals surface area contributed by atoms with Gasteiger partial charge in [-0.15, -0.1) is 0 Å². The first-order chi connectivity index (χ1) is 17.1. The summed E-state index contributed by atoms with van der Waals surface area (Å²) >= 11 is 0. The highest BCUT2D eigenvalue weighted by Gasteiger charge is 2.43. The van der Waals surface area contributed by atoms with Crippen molar-refractivity contribution in [1.29, 1.82) is 0 Å². The van der Waals surface area contributed by atoms with Crippen molar-refractivity contribution in [1.82, 2.24) is 20.2 Å². The van der Waals surface area contributed by atoms with Crippen molar-refractivity contribution >= 4 is 23.6 Å². The second-order valence-electron chi connectivity index (χ2n) is 10.4. The van der Waals surface area contributed by atoms with Crippen LogP contribution in [0.4, 0.5) is 21.1 Å². The largest absolute Gasteiger partial charge is 0.465 e. The molecule has 0 saturated carbocycles. The zero-order valence-electron chi connectivity index (χ0n) is 21.7. The van der Waals surface area contributed by atoms with Gasteiger partial charge >= 0.3 is 12.1 Å². The number of aromatic nitrogens is 2. The molecule has 1 fully saturated rings. The van der Waals surface area contributed by atoms with Crippen LogP contribution in [0, 0.1) is 5.41 Å². The van der Waals surface area contributed by atoms with Gasteiger partial charge < -0.3 is 30.3 Å². The summed E-state index contributed by atoms with van der Waals surface area (Å²) < 4.78 is 5.68. The van der Waals surface area contributed by atoms with Crippen LogP contribution >= 0.6 is 0 Å². The molecule has 10 heteroatoms. The average Bonchev–Trinajstić information content (AvgIpc) is 2.83. The molecule has 1 saturated heterocycles. The number of carbonyl (C=O) groups excluding carboxylic acids is 1. The number of morpholine rings is 1. The maximum atomic E-state index is 12.2. The second kappa shape index (κ2) is 10.3. The summed E-state index contributed by atoms with van der Waals surface area (Å²) in [5.74, 6) is 1.37. The van der Waals surface area contributed by atoms with Gasteiger partial charge in [-0.25, -0.2) is 19.6 Å². The molecule has 3 N–H and O–H groups in total. The number of nitrogens with one attached hydrogen (secondary N) is 2. The summed E-state index contributed by atoms with van der Waals surface area (Å²) in [6.07, 6.45) is -0.410. The fourth-order valence-electron chi connectivity index (χ4n) is 5.02. The first-order valence-electron chi connectivity index (χ1n) is 12.5. The van der Waals surface area contributed by atoms with Gasteiger partial charge in [0.25, 0.3) is 0 Å². The van der Waals surface area contributed by atoms with Gasteiger partial charge in [-0.1, -0.05) is 20.8 Å². The molecule has 0 aliphatic carbocycles. The van der Waals surface area contributed by atoms with Crippen LogP contribution in [0.2, 0.25) is 0 Å². The van der Waals surface area contributed by atoms with Crippen molar-refractivity contribution in [3.05, 3.63) is 35.5 Å². The van der Waals surface area contributed by atoms with E-state index in [9.17, 15) is 14.7 Å². The Hall–Kier alpha value is -3.40. The number of anilines is 2. The second-order valence-corrected chi connectivity index (χ2v) is 10.4. The molecule has 0 radical (unpaired) electrons. The standard InChI is InChI=1S/C26H36N6O4/c1-6-27-24(33)28-18-9-7-17(8-10-18)22-29-19-11-12-32(25(34)35)21(26(3,4)5)20(19)23(30-22)31-13-14-36-15-16(31)2/h7-10,16,21H,6,11-15H2,1-5H3,(H,34,35)(H2,27,28,33)/t16?,21-/m1/s1. The molecule has 3 amide bonds. The van der Waals surface area contributed by atoms with Gasteiger partial charge in [0.15, 0.2) is 5.82 Å². The molecular formula is C26H36N6O4.